The third-order valence-electron chi connectivity index (χ3n) is 6.29. The van der Waals surface area contributed by atoms with Crippen LogP contribution < -0.4 is 10.6 Å². The van der Waals surface area contributed by atoms with Gasteiger partial charge in [0, 0.05) is 11.7 Å². The van der Waals surface area contributed by atoms with Crippen molar-refractivity contribution in [2.75, 3.05) is 5.32 Å². The van der Waals surface area contributed by atoms with Crippen LogP contribution in [0.4, 0.5) is 10.1 Å². The van der Waals surface area contributed by atoms with Gasteiger partial charge in [-0.25, -0.2) is 4.39 Å². The third kappa shape index (κ3) is 2.80. The van der Waals surface area contributed by atoms with E-state index < -0.39 is 11.2 Å². The van der Waals surface area contributed by atoms with Crippen molar-refractivity contribution in [1.29, 1.82) is 0 Å². The van der Waals surface area contributed by atoms with E-state index in [0.29, 0.717) is 30.6 Å². The van der Waals surface area contributed by atoms with E-state index >= 15 is 0 Å². The lowest BCUT2D eigenvalue weighted by molar-refractivity contribution is -0.133. The van der Waals surface area contributed by atoms with Crippen molar-refractivity contribution in [2.45, 2.75) is 63.2 Å². The van der Waals surface area contributed by atoms with Crippen molar-refractivity contribution in [3.63, 3.8) is 0 Å². The van der Waals surface area contributed by atoms with Gasteiger partial charge in [-0.15, -0.1) is 0 Å². The number of alkyl halides is 1. The Morgan fingerprint density at radius 1 is 1.12 bits per heavy atom. The van der Waals surface area contributed by atoms with E-state index in [1.165, 1.54) is 0 Å². The van der Waals surface area contributed by atoms with E-state index in [2.05, 4.69) is 10.6 Å². The number of amides is 1. The Morgan fingerprint density at radius 3 is 2.33 bits per heavy atom. The van der Waals surface area contributed by atoms with Gasteiger partial charge in [-0.05, 0) is 75.8 Å². The zero-order chi connectivity index (χ0) is 16.9. The van der Waals surface area contributed by atoms with Crippen LogP contribution in [0.15, 0.2) is 30.3 Å². The molecule has 24 heavy (non-hydrogen) atoms. The molecule has 1 amide bonds. The molecule has 5 atom stereocenters. The molecule has 3 nitrogen and oxygen atoms in total. The fourth-order valence-corrected chi connectivity index (χ4v) is 5.43. The summed E-state index contributed by atoms with van der Waals surface area (Å²) >= 11 is 0. The highest BCUT2D eigenvalue weighted by atomic mass is 19.1. The van der Waals surface area contributed by atoms with Crippen molar-refractivity contribution < 1.29 is 9.18 Å². The lowest BCUT2D eigenvalue weighted by Gasteiger charge is -2.57. The summed E-state index contributed by atoms with van der Waals surface area (Å²) in [5, 5.41) is 6.58. The van der Waals surface area contributed by atoms with Crippen molar-refractivity contribution in [3.05, 3.63) is 30.3 Å². The van der Waals surface area contributed by atoms with Crippen LogP contribution in [-0.4, -0.2) is 23.2 Å². The SMILES string of the molecule is CC(C)(Nc1ccccc1)C(=O)N[C@H]1[C@@H]2CC3C[C@H]1C[C@](F)(C3)C2. The first kappa shape index (κ1) is 15.9. The van der Waals surface area contributed by atoms with Crippen molar-refractivity contribution in [3.8, 4) is 0 Å². The Kier molecular flexibility index (Phi) is 3.63. The minimum absolute atomic E-state index is 0.0109. The standard InChI is InChI=1S/C20H27FN2O/c1-19(2,23-16-6-4-3-5-7-16)18(24)22-17-14-8-13-9-15(17)12-20(21,10-13)11-14/h3-7,13-15,17,23H,8-12H2,1-2H3,(H,22,24)/t13?,14-,15+,17+,20+. The Bertz CT molecular complexity index is 614. The molecule has 0 aromatic heterocycles. The van der Waals surface area contributed by atoms with Crippen LogP contribution in [0.5, 0.6) is 0 Å². The number of halogens is 1. The predicted octanol–water partition coefficient (Wildman–Crippen LogP) is 3.91. The van der Waals surface area contributed by atoms with E-state index in [1.807, 2.05) is 44.2 Å². The fraction of sp³-hybridized carbons (Fsp3) is 0.650. The zero-order valence-corrected chi connectivity index (χ0v) is 14.5. The Hall–Kier alpha value is -1.58. The largest absolute Gasteiger partial charge is 0.372 e. The summed E-state index contributed by atoms with van der Waals surface area (Å²) in [6.45, 7) is 3.81. The van der Waals surface area contributed by atoms with Gasteiger partial charge >= 0.3 is 0 Å². The highest BCUT2D eigenvalue weighted by Crippen LogP contribution is 2.57. The van der Waals surface area contributed by atoms with Crippen molar-refractivity contribution in [1.82, 2.24) is 5.32 Å². The number of anilines is 1. The van der Waals surface area contributed by atoms with Gasteiger partial charge in [-0.3, -0.25) is 4.79 Å². The number of nitrogens with one attached hydrogen (secondary N) is 2. The average Bonchev–Trinajstić information content (AvgIpc) is 2.49. The quantitative estimate of drug-likeness (QED) is 0.879. The predicted molar refractivity (Wildman–Crippen MR) is 93.5 cm³/mol. The van der Waals surface area contributed by atoms with E-state index in [4.69, 9.17) is 0 Å². The molecule has 0 heterocycles. The Morgan fingerprint density at radius 2 is 1.75 bits per heavy atom. The minimum Gasteiger partial charge on any atom is -0.372 e. The third-order valence-corrected chi connectivity index (χ3v) is 6.29. The summed E-state index contributed by atoms with van der Waals surface area (Å²) in [5.74, 6) is 1.18. The van der Waals surface area contributed by atoms with Crippen LogP contribution in [-0.2, 0) is 4.79 Å². The van der Waals surface area contributed by atoms with E-state index in [1.54, 1.807) is 0 Å². The first-order valence-corrected chi connectivity index (χ1v) is 9.18. The molecule has 2 N–H and O–H groups in total. The lowest BCUT2D eigenvalue weighted by Crippen LogP contribution is -2.63. The van der Waals surface area contributed by atoms with Crippen molar-refractivity contribution >= 4 is 11.6 Å². The van der Waals surface area contributed by atoms with Gasteiger partial charge in [-0.1, -0.05) is 18.2 Å². The fourth-order valence-electron chi connectivity index (χ4n) is 5.43. The molecule has 4 aliphatic carbocycles. The number of carbonyl (C=O) groups is 1. The van der Waals surface area contributed by atoms with E-state index in [9.17, 15) is 9.18 Å². The Balaban J connectivity index is 1.44. The monoisotopic (exact) mass is 330 g/mol. The average molecular weight is 330 g/mol. The number of carbonyl (C=O) groups excluding carboxylic acids is 1. The van der Waals surface area contributed by atoms with Crippen LogP contribution in [0.2, 0.25) is 0 Å². The Labute approximate surface area is 143 Å². The molecule has 4 heteroatoms. The highest BCUT2D eigenvalue weighted by molar-refractivity contribution is 5.88. The summed E-state index contributed by atoms with van der Waals surface area (Å²) in [5.41, 5.74) is -0.704. The first-order chi connectivity index (χ1) is 11.3. The molecule has 0 aliphatic heterocycles. The number of benzene rings is 1. The van der Waals surface area contributed by atoms with Gasteiger partial charge in [0.1, 0.15) is 11.2 Å². The number of para-hydroxylation sites is 1. The minimum atomic E-state index is -0.949. The molecule has 0 saturated heterocycles. The summed E-state index contributed by atoms with van der Waals surface area (Å²) in [7, 11) is 0. The van der Waals surface area contributed by atoms with Crippen LogP contribution in [0, 0.1) is 17.8 Å². The molecule has 0 radical (unpaired) electrons. The molecular formula is C20H27FN2O. The maximum absolute atomic E-state index is 14.8. The van der Waals surface area contributed by atoms with Gasteiger partial charge in [0.15, 0.2) is 0 Å². The number of hydrogen-bond donors (Lipinski definition) is 2. The number of hydrogen-bond acceptors (Lipinski definition) is 2. The second-order valence-corrected chi connectivity index (χ2v) is 8.74. The molecule has 0 spiro atoms. The first-order valence-electron chi connectivity index (χ1n) is 9.18. The normalized spacial score (nSPS) is 37.3. The van der Waals surface area contributed by atoms with Gasteiger partial charge in [-0.2, -0.15) is 0 Å². The second-order valence-electron chi connectivity index (χ2n) is 8.74. The summed E-state index contributed by atoms with van der Waals surface area (Å²) in [6.07, 6.45) is 4.19. The van der Waals surface area contributed by atoms with Crippen LogP contribution in [0.1, 0.15) is 46.0 Å². The van der Waals surface area contributed by atoms with E-state index in [-0.39, 0.29) is 11.9 Å². The maximum atomic E-state index is 14.8. The van der Waals surface area contributed by atoms with Gasteiger partial charge < -0.3 is 10.6 Å². The maximum Gasteiger partial charge on any atom is 0.245 e. The summed E-state index contributed by atoms with van der Waals surface area (Å²) < 4.78 is 14.8. The van der Waals surface area contributed by atoms with Crippen LogP contribution in [0.3, 0.4) is 0 Å². The molecule has 4 fully saturated rings. The molecule has 1 aromatic carbocycles. The number of rotatable bonds is 4. The van der Waals surface area contributed by atoms with E-state index in [0.717, 1.165) is 24.9 Å². The molecule has 4 aliphatic rings. The lowest BCUT2D eigenvalue weighted by atomic mass is 9.53. The summed E-state index contributed by atoms with van der Waals surface area (Å²) in [6, 6.07) is 9.94. The molecule has 4 saturated carbocycles. The molecule has 1 unspecified atom stereocenters. The second kappa shape index (κ2) is 5.47. The molecule has 1 aromatic rings. The van der Waals surface area contributed by atoms with Gasteiger partial charge in [0.05, 0.1) is 0 Å². The highest BCUT2D eigenvalue weighted by Gasteiger charge is 2.56. The molecule has 130 valence electrons. The van der Waals surface area contributed by atoms with Crippen LogP contribution in [0.25, 0.3) is 0 Å². The smallest absolute Gasteiger partial charge is 0.245 e. The van der Waals surface area contributed by atoms with Gasteiger partial charge in [0.25, 0.3) is 0 Å². The topological polar surface area (TPSA) is 41.1 Å². The molecule has 5 rings (SSSR count). The van der Waals surface area contributed by atoms with Crippen LogP contribution >= 0.6 is 0 Å². The zero-order valence-electron chi connectivity index (χ0n) is 14.5. The van der Waals surface area contributed by atoms with Crippen molar-refractivity contribution in [2.24, 2.45) is 17.8 Å². The summed E-state index contributed by atoms with van der Waals surface area (Å²) in [4.78, 5) is 12.9. The molecular weight excluding hydrogens is 303 g/mol. The van der Waals surface area contributed by atoms with Gasteiger partial charge in [0.2, 0.25) is 5.91 Å². The molecule has 4 bridgehead atoms.